The van der Waals surface area contributed by atoms with Gasteiger partial charge in [0.25, 0.3) is 5.69 Å². The minimum Gasteiger partial charge on any atom is -0.316 e. The van der Waals surface area contributed by atoms with Gasteiger partial charge in [0.05, 0.1) is 15.8 Å². The monoisotopic (exact) mass is 386 g/mol. The molecule has 1 fully saturated rings. The highest BCUT2D eigenvalue weighted by Crippen LogP contribution is 2.29. The van der Waals surface area contributed by atoms with Crippen molar-refractivity contribution in [1.82, 2.24) is 15.0 Å². The van der Waals surface area contributed by atoms with Gasteiger partial charge in [0.1, 0.15) is 4.90 Å². The third kappa shape index (κ3) is 4.24. The summed E-state index contributed by atoms with van der Waals surface area (Å²) in [5, 5.41) is 14.6. The van der Waals surface area contributed by atoms with E-state index >= 15 is 0 Å². The molecule has 0 saturated carbocycles. The van der Waals surface area contributed by atoms with E-state index in [9.17, 15) is 18.5 Å². The van der Waals surface area contributed by atoms with Crippen molar-refractivity contribution in [3.8, 4) is 0 Å². The number of benzene rings is 1. The number of pyridine rings is 1. The number of nitrogens with one attached hydrogen (secondary N) is 2. The second kappa shape index (κ2) is 8.05. The molecule has 0 amide bonds. The Morgan fingerprint density at radius 3 is 2.84 bits per heavy atom. The summed E-state index contributed by atoms with van der Waals surface area (Å²) in [6.07, 6.45) is 3.42. The number of nitrogens with zero attached hydrogens (tertiary/aromatic N) is 2. The van der Waals surface area contributed by atoms with Crippen molar-refractivity contribution in [2.75, 3.05) is 19.6 Å². The molecule has 1 saturated heterocycles. The number of sulfonamides is 1. The molecule has 1 aromatic heterocycles. The van der Waals surface area contributed by atoms with E-state index in [2.05, 4.69) is 15.0 Å². The van der Waals surface area contributed by atoms with Crippen LogP contribution in [-0.2, 0) is 10.0 Å². The summed E-state index contributed by atoms with van der Waals surface area (Å²) in [5.74, 6) is 0.241. The molecule has 0 bridgehead atoms. The van der Waals surface area contributed by atoms with Gasteiger partial charge in [0, 0.05) is 18.8 Å². The van der Waals surface area contributed by atoms with Crippen LogP contribution in [-0.4, -0.2) is 38.0 Å². The van der Waals surface area contributed by atoms with Crippen LogP contribution >= 0.6 is 12.4 Å². The summed E-state index contributed by atoms with van der Waals surface area (Å²) in [6, 6.07) is 5.51. The molecule has 1 atom stereocenters. The van der Waals surface area contributed by atoms with Crippen molar-refractivity contribution in [2.24, 2.45) is 5.92 Å². The van der Waals surface area contributed by atoms with Crippen LogP contribution in [0.15, 0.2) is 35.4 Å². The lowest BCUT2D eigenvalue weighted by atomic mass is 10.0. The maximum Gasteiger partial charge on any atom is 0.278 e. The Morgan fingerprint density at radius 1 is 1.36 bits per heavy atom. The average Bonchev–Trinajstić information content (AvgIpc) is 2.60. The average molecular weight is 387 g/mol. The van der Waals surface area contributed by atoms with E-state index in [0.29, 0.717) is 6.54 Å². The fourth-order valence-electron chi connectivity index (χ4n) is 2.91. The van der Waals surface area contributed by atoms with E-state index in [-0.39, 0.29) is 39.8 Å². The van der Waals surface area contributed by atoms with Crippen LogP contribution in [0.2, 0.25) is 0 Å². The molecule has 3 rings (SSSR count). The molecule has 0 spiro atoms. The quantitative estimate of drug-likeness (QED) is 0.598. The molecule has 2 N–H and O–H groups in total. The number of fused-ring (bicyclic) bond motifs is 1. The van der Waals surface area contributed by atoms with E-state index in [1.807, 2.05) is 0 Å². The summed E-state index contributed by atoms with van der Waals surface area (Å²) >= 11 is 0. The second-order valence-electron chi connectivity index (χ2n) is 5.80. The van der Waals surface area contributed by atoms with Gasteiger partial charge in [-0.05, 0) is 50.0 Å². The van der Waals surface area contributed by atoms with Gasteiger partial charge in [0.15, 0.2) is 0 Å². The van der Waals surface area contributed by atoms with Gasteiger partial charge in [-0.1, -0.05) is 0 Å². The molecule has 1 aliphatic heterocycles. The molecular weight excluding hydrogens is 368 g/mol. The van der Waals surface area contributed by atoms with Crippen molar-refractivity contribution in [2.45, 2.75) is 17.7 Å². The van der Waals surface area contributed by atoms with Gasteiger partial charge in [-0.2, -0.15) is 0 Å². The molecule has 25 heavy (non-hydrogen) atoms. The van der Waals surface area contributed by atoms with Crippen LogP contribution in [0.25, 0.3) is 10.9 Å². The van der Waals surface area contributed by atoms with Gasteiger partial charge in [-0.25, -0.2) is 13.1 Å². The molecule has 0 aliphatic carbocycles. The van der Waals surface area contributed by atoms with Crippen LogP contribution in [0, 0.1) is 16.0 Å². The summed E-state index contributed by atoms with van der Waals surface area (Å²) in [6.45, 7) is 2.07. The lowest BCUT2D eigenvalue weighted by Crippen LogP contribution is -2.38. The summed E-state index contributed by atoms with van der Waals surface area (Å²) < 4.78 is 27.9. The predicted molar refractivity (Wildman–Crippen MR) is 96.4 cm³/mol. The first-order valence-corrected chi connectivity index (χ1v) is 9.20. The first-order valence-electron chi connectivity index (χ1n) is 7.71. The summed E-state index contributed by atoms with van der Waals surface area (Å²) in [5.41, 5.74) is -0.0468. The smallest absolute Gasteiger partial charge is 0.278 e. The number of aromatic nitrogens is 1. The lowest BCUT2D eigenvalue weighted by molar-refractivity contribution is -0.383. The normalized spacial score (nSPS) is 17.8. The van der Waals surface area contributed by atoms with Crippen molar-refractivity contribution in [3.05, 3.63) is 40.6 Å². The van der Waals surface area contributed by atoms with E-state index in [1.54, 1.807) is 6.07 Å². The molecule has 2 heterocycles. The van der Waals surface area contributed by atoms with Crippen molar-refractivity contribution in [1.29, 1.82) is 0 Å². The maximum atomic E-state index is 12.6. The predicted octanol–water partition coefficient (Wildman–Crippen LogP) is 1.84. The molecule has 136 valence electrons. The maximum absolute atomic E-state index is 12.6. The zero-order valence-corrected chi connectivity index (χ0v) is 15.0. The molecule has 10 heteroatoms. The fraction of sp³-hybridized carbons (Fsp3) is 0.400. The number of halogens is 1. The first-order chi connectivity index (χ1) is 11.5. The highest BCUT2D eigenvalue weighted by molar-refractivity contribution is 7.89. The number of nitro benzene ring substituents is 1. The molecule has 8 nitrogen and oxygen atoms in total. The SMILES string of the molecule is Cl.O=[N+]([O-])c1ccc(S(=O)(=O)NCC2CCCNC2)c2ncccc12. The molecular formula is C15H19ClN4O4S. The molecule has 2 aromatic rings. The fourth-order valence-corrected chi connectivity index (χ4v) is 4.19. The zero-order valence-electron chi connectivity index (χ0n) is 13.3. The number of hydrogen-bond donors (Lipinski definition) is 2. The van der Waals surface area contributed by atoms with E-state index in [4.69, 9.17) is 0 Å². The van der Waals surface area contributed by atoms with Crippen molar-refractivity contribution < 1.29 is 13.3 Å². The Hall–Kier alpha value is -1.81. The Labute approximate surface area is 151 Å². The van der Waals surface area contributed by atoms with Crippen LogP contribution in [0.5, 0.6) is 0 Å². The van der Waals surface area contributed by atoms with Crippen LogP contribution in [0.1, 0.15) is 12.8 Å². The minimum atomic E-state index is -3.79. The van der Waals surface area contributed by atoms with Gasteiger partial charge >= 0.3 is 0 Å². The van der Waals surface area contributed by atoms with Crippen molar-refractivity contribution in [3.63, 3.8) is 0 Å². The highest BCUT2D eigenvalue weighted by Gasteiger charge is 2.24. The standard InChI is InChI=1S/C15H18N4O4S.ClH/c20-19(21)13-5-6-14(15-12(13)4-2-8-17-15)24(22,23)18-10-11-3-1-7-16-9-11;/h2,4-6,8,11,16,18H,1,3,7,9-10H2;1H. The zero-order chi connectivity index (χ0) is 17.2. The number of hydrogen-bond acceptors (Lipinski definition) is 6. The molecule has 0 radical (unpaired) electrons. The van der Waals surface area contributed by atoms with Crippen LogP contribution in [0.3, 0.4) is 0 Å². The third-order valence-electron chi connectivity index (χ3n) is 4.16. The van der Waals surface area contributed by atoms with Gasteiger partial charge in [-0.3, -0.25) is 15.1 Å². The Kier molecular flexibility index (Phi) is 6.28. The van der Waals surface area contributed by atoms with E-state index in [0.717, 1.165) is 25.9 Å². The van der Waals surface area contributed by atoms with Gasteiger partial charge < -0.3 is 5.32 Å². The number of piperidine rings is 1. The summed E-state index contributed by atoms with van der Waals surface area (Å²) in [4.78, 5) is 14.6. The lowest BCUT2D eigenvalue weighted by Gasteiger charge is -2.22. The Morgan fingerprint density at radius 2 is 2.16 bits per heavy atom. The number of rotatable bonds is 5. The van der Waals surface area contributed by atoms with E-state index in [1.165, 1.54) is 24.4 Å². The molecule has 1 aromatic carbocycles. The summed E-state index contributed by atoms with van der Waals surface area (Å²) in [7, 11) is -3.79. The van der Waals surface area contributed by atoms with Crippen LogP contribution < -0.4 is 10.0 Å². The third-order valence-corrected chi connectivity index (χ3v) is 5.61. The van der Waals surface area contributed by atoms with Gasteiger partial charge in [0.2, 0.25) is 10.0 Å². The number of nitro groups is 1. The topological polar surface area (TPSA) is 114 Å². The molecule has 1 unspecified atom stereocenters. The minimum absolute atomic E-state index is 0. The number of non-ortho nitro benzene ring substituents is 1. The highest BCUT2D eigenvalue weighted by atomic mass is 35.5. The molecule has 1 aliphatic rings. The second-order valence-corrected chi connectivity index (χ2v) is 7.54. The van der Waals surface area contributed by atoms with Gasteiger partial charge in [-0.15, -0.1) is 12.4 Å². The first kappa shape index (κ1) is 19.5. The Balaban J connectivity index is 0.00000225. The van der Waals surface area contributed by atoms with Crippen molar-refractivity contribution >= 4 is 39.0 Å². The Bertz CT molecular complexity index is 869. The largest absolute Gasteiger partial charge is 0.316 e. The van der Waals surface area contributed by atoms with Crippen LogP contribution in [0.4, 0.5) is 5.69 Å². The van der Waals surface area contributed by atoms with E-state index < -0.39 is 14.9 Å².